The summed E-state index contributed by atoms with van der Waals surface area (Å²) in [5.41, 5.74) is 17.5. The van der Waals surface area contributed by atoms with Gasteiger partial charge < -0.3 is 9.47 Å². The fourth-order valence-corrected chi connectivity index (χ4v) is 5.95. The third kappa shape index (κ3) is 5.16. The Kier molecular flexibility index (Phi) is 7.78. The first-order valence-corrected chi connectivity index (χ1v) is 12.8. The molecule has 0 saturated carbocycles. The minimum atomic E-state index is -0.769. The first-order valence-electron chi connectivity index (χ1n) is 12.8. The van der Waals surface area contributed by atoms with Crippen LogP contribution < -0.4 is 0 Å². The molecule has 36 heavy (non-hydrogen) atoms. The highest BCUT2D eigenvalue weighted by molar-refractivity contribution is 5.40. The molecule has 2 aromatic carbocycles. The van der Waals surface area contributed by atoms with Crippen LogP contribution in [0.25, 0.3) is 10.4 Å². The van der Waals surface area contributed by atoms with Crippen LogP contribution in [0.15, 0.2) is 35.4 Å². The molecule has 5 atom stereocenters. The van der Waals surface area contributed by atoms with E-state index in [9.17, 15) is 0 Å². The second-order valence-corrected chi connectivity index (χ2v) is 10.6. The monoisotopic (exact) mass is 486 g/mol. The van der Waals surface area contributed by atoms with E-state index in [-0.39, 0.29) is 30.7 Å². The lowest BCUT2D eigenvalue weighted by atomic mass is 9.83. The zero-order chi connectivity index (χ0) is 26.0. The van der Waals surface area contributed by atoms with Crippen molar-refractivity contribution in [3.8, 4) is 11.8 Å². The highest BCUT2D eigenvalue weighted by Gasteiger charge is 2.56. The summed E-state index contributed by atoms with van der Waals surface area (Å²) in [5, 5.41) is 3.56. The smallest absolute Gasteiger partial charge is 0.189 e. The molecule has 2 aliphatic heterocycles. The summed E-state index contributed by atoms with van der Waals surface area (Å²) in [5.74, 6) is 5.74. The average molecular weight is 487 g/mol. The molecule has 6 nitrogen and oxygen atoms in total. The zero-order valence-corrected chi connectivity index (χ0v) is 22.6. The average Bonchev–Trinajstić information content (AvgIpc) is 3.22. The Morgan fingerprint density at radius 3 is 2.39 bits per heavy atom. The third-order valence-electron chi connectivity index (χ3n) is 7.88. The van der Waals surface area contributed by atoms with Crippen LogP contribution in [0.2, 0.25) is 0 Å². The molecule has 2 fully saturated rings. The quantitative estimate of drug-likeness (QED) is 0.212. The van der Waals surface area contributed by atoms with E-state index in [4.69, 9.17) is 15.0 Å². The van der Waals surface area contributed by atoms with Crippen LogP contribution in [0.5, 0.6) is 0 Å². The second-order valence-electron chi connectivity index (χ2n) is 10.6. The summed E-state index contributed by atoms with van der Waals surface area (Å²) in [6, 6.07) is 11.4. The maximum Gasteiger partial charge on any atom is 0.189 e. The molecule has 0 aromatic heterocycles. The summed E-state index contributed by atoms with van der Waals surface area (Å²) in [7, 11) is 0. The van der Waals surface area contributed by atoms with E-state index < -0.39 is 5.79 Å². The summed E-state index contributed by atoms with van der Waals surface area (Å²) >= 11 is 0. The minimum Gasteiger partial charge on any atom is -0.347 e. The van der Waals surface area contributed by atoms with Crippen LogP contribution in [-0.2, 0) is 9.47 Å². The van der Waals surface area contributed by atoms with Crippen molar-refractivity contribution < 1.29 is 9.47 Å². The number of morpholine rings is 1. The van der Waals surface area contributed by atoms with Crippen molar-refractivity contribution in [2.75, 3.05) is 19.7 Å². The molecule has 2 aromatic rings. The van der Waals surface area contributed by atoms with Crippen molar-refractivity contribution in [2.24, 2.45) is 5.11 Å². The van der Waals surface area contributed by atoms with Gasteiger partial charge in [-0.2, -0.15) is 0 Å². The van der Waals surface area contributed by atoms with Crippen molar-refractivity contribution in [1.29, 1.82) is 0 Å². The lowest BCUT2D eigenvalue weighted by molar-refractivity contribution is -0.308. The number of ether oxygens (including phenoxy) is 2. The molecule has 5 unspecified atom stereocenters. The van der Waals surface area contributed by atoms with Crippen LogP contribution in [-0.4, -0.2) is 42.5 Å². The lowest BCUT2D eigenvalue weighted by Crippen LogP contribution is -2.60. The van der Waals surface area contributed by atoms with Crippen molar-refractivity contribution in [3.05, 3.63) is 79.7 Å². The molecule has 0 radical (unpaired) electrons. The minimum absolute atomic E-state index is 0.0225. The Morgan fingerprint density at radius 2 is 1.69 bits per heavy atom. The normalized spacial score (nSPS) is 28.0. The van der Waals surface area contributed by atoms with Crippen molar-refractivity contribution in [1.82, 2.24) is 4.90 Å². The molecule has 2 aliphatic rings. The molecule has 0 aliphatic carbocycles. The van der Waals surface area contributed by atoms with E-state index >= 15 is 0 Å². The second kappa shape index (κ2) is 10.7. The van der Waals surface area contributed by atoms with Gasteiger partial charge in [-0.1, -0.05) is 58.4 Å². The number of benzene rings is 2. The van der Waals surface area contributed by atoms with E-state index in [2.05, 4.69) is 106 Å². The predicted octanol–water partition coefficient (Wildman–Crippen LogP) is 6.59. The number of azide groups is 1. The van der Waals surface area contributed by atoms with Gasteiger partial charge in [0.2, 0.25) is 0 Å². The van der Waals surface area contributed by atoms with Gasteiger partial charge in [-0.05, 0) is 81.8 Å². The van der Waals surface area contributed by atoms with E-state index in [1.807, 2.05) is 0 Å². The molecule has 1 spiro atoms. The van der Waals surface area contributed by atoms with Crippen molar-refractivity contribution in [3.63, 3.8) is 0 Å². The zero-order valence-electron chi connectivity index (χ0n) is 22.6. The highest BCUT2D eigenvalue weighted by Crippen LogP contribution is 2.52. The number of rotatable bonds is 4. The van der Waals surface area contributed by atoms with Crippen LogP contribution in [0.4, 0.5) is 0 Å². The predicted molar refractivity (Wildman–Crippen MR) is 144 cm³/mol. The van der Waals surface area contributed by atoms with Gasteiger partial charge >= 0.3 is 0 Å². The molecule has 0 bridgehead atoms. The molecular weight excluding hydrogens is 448 g/mol. The van der Waals surface area contributed by atoms with Gasteiger partial charge in [0, 0.05) is 23.3 Å². The van der Waals surface area contributed by atoms with Gasteiger partial charge in [0.05, 0.1) is 31.8 Å². The first kappa shape index (κ1) is 26.3. The fourth-order valence-electron chi connectivity index (χ4n) is 5.95. The molecule has 190 valence electrons. The van der Waals surface area contributed by atoms with Crippen molar-refractivity contribution in [2.45, 2.75) is 84.8 Å². The number of hydrogen-bond acceptors (Lipinski definition) is 4. The number of nitrogens with zero attached hydrogens (tertiary/aromatic N) is 4. The molecule has 0 N–H and O–H groups in total. The summed E-state index contributed by atoms with van der Waals surface area (Å²) in [6.07, 6.45) is 0.763. The molecule has 4 rings (SSSR count). The Balaban J connectivity index is 1.77. The van der Waals surface area contributed by atoms with Gasteiger partial charge in [-0.3, -0.25) is 4.90 Å². The van der Waals surface area contributed by atoms with Crippen molar-refractivity contribution >= 4 is 0 Å². The lowest BCUT2D eigenvalue weighted by Gasteiger charge is -2.52. The van der Waals surface area contributed by atoms with Gasteiger partial charge in [0.25, 0.3) is 0 Å². The maximum absolute atomic E-state index is 8.59. The maximum atomic E-state index is 8.59. The summed E-state index contributed by atoms with van der Waals surface area (Å²) < 4.78 is 13.6. The van der Waals surface area contributed by atoms with E-state index in [0.29, 0.717) is 13.2 Å². The SMILES string of the molecule is Cc1cc(C)cc(C2N(CC#CCN=[N+]=[N-])C(C)C(C)OC23CC(c2cc(C)c(C)cc2C)CO3)c1. The van der Waals surface area contributed by atoms with Crippen LogP contribution in [0.1, 0.15) is 71.2 Å². The number of aryl methyl sites for hydroxylation is 5. The summed E-state index contributed by atoms with van der Waals surface area (Å²) in [6.45, 7) is 16.5. The van der Waals surface area contributed by atoms with E-state index in [0.717, 1.165) is 6.42 Å². The Labute approximate surface area is 215 Å². The van der Waals surface area contributed by atoms with E-state index in [1.54, 1.807) is 0 Å². The summed E-state index contributed by atoms with van der Waals surface area (Å²) in [4.78, 5) is 5.23. The van der Waals surface area contributed by atoms with Gasteiger partial charge in [0.15, 0.2) is 5.79 Å². The Morgan fingerprint density at radius 1 is 1.00 bits per heavy atom. The standard InChI is InChI=1S/C30H38N4O2/c1-19-12-20(2)14-26(13-19)29-30(36-25(7)24(6)34(29)11-9-8-10-32-33-31)17-27(18-35-30)28-16-22(4)21(3)15-23(28)5/h12-16,24-25,27,29H,10-11,17-18H2,1-7H3. The molecule has 0 amide bonds. The highest BCUT2D eigenvalue weighted by atomic mass is 16.7. The largest absolute Gasteiger partial charge is 0.347 e. The topological polar surface area (TPSA) is 70.5 Å². The van der Waals surface area contributed by atoms with Gasteiger partial charge in [-0.15, -0.1) is 0 Å². The van der Waals surface area contributed by atoms with Crippen LogP contribution in [0.3, 0.4) is 0 Å². The Hall–Kier alpha value is -2.81. The molecule has 2 saturated heterocycles. The molecular formula is C30H38N4O2. The van der Waals surface area contributed by atoms with E-state index in [1.165, 1.54) is 38.9 Å². The molecule has 2 heterocycles. The van der Waals surface area contributed by atoms with Crippen LogP contribution in [0, 0.1) is 46.5 Å². The first-order chi connectivity index (χ1) is 17.1. The number of hydrogen-bond donors (Lipinski definition) is 0. The van der Waals surface area contributed by atoms with Gasteiger partial charge in [-0.25, -0.2) is 0 Å². The Bertz CT molecular complexity index is 1220. The third-order valence-corrected chi connectivity index (χ3v) is 7.88. The van der Waals surface area contributed by atoms with Gasteiger partial charge in [0.1, 0.15) is 0 Å². The molecule has 6 heteroatoms. The van der Waals surface area contributed by atoms with Crippen LogP contribution >= 0.6 is 0 Å². The fraction of sp³-hybridized carbons (Fsp3) is 0.533.